The van der Waals surface area contributed by atoms with E-state index in [0.717, 1.165) is 61.7 Å². The molecule has 8 nitrogen and oxygen atoms in total. The summed E-state index contributed by atoms with van der Waals surface area (Å²) >= 11 is 0. The Morgan fingerprint density at radius 3 is 2.81 bits per heavy atom. The first-order valence-electron chi connectivity index (χ1n) is 11.4. The second-order valence-corrected chi connectivity index (χ2v) is 8.70. The van der Waals surface area contributed by atoms with Gasteiger partial charge in [-0.1, -0.05) is 13.8 Å². The fourth-order valence-electron chi connectivity index (χ4n) is 3.93. The van der Waals surface area contributed by atoms with Crippen LogP contribution in [0.5, 0.6) is 0 Å². The van der Waals surface area contributed by atoms with E-state index in [-0.39, 0.29) is 11.8 Å². The number of dihydropyridines is 2. The number of nitrogens with one attached hydrogen (secondary N) is 3. The van der Waals surface area contributed by atoms with E-state index in [0.29, 0.717) is 17.6 Å². The Balaban J connectivity index is 1.62. The molecular weight excluding hydrogens is 402 g/mol. The van der Waals surface area contributed by atoms with Crippen molar-refractivity contribution in [3.8, 4) is 0 Å². The number of allylic oxidation sites excluding steroid dienone is 4. The minimum absolute atomic E-state index is 0.0396. The first kappa shape index (κ1) is 23.7. The molecule has 1 fully saturated rings. The van der Waals surface area contributed by atoms with Crippen LogP contribution in [0.4, 0.5) is 0 Å². The van der Waals surface area contributed by atoms with Gasteiger partial charge in [0.25, 0.3) is 0 Å². The molecule has 0 radical (unpaired) electrons. The van der Waals surface area contributed by atoms with E-state index < -0.39 is 0 Å². The highest BCUT2D eigenvalue weighted by Crippen LogP contribution is 2.22. The molecule has 9 N–H and O–H groups in total. The summed E-state index contributed by atoms with van der Waals surface area (Å²) in [6, 6.07) is 0. The van der Waals surface area contributed by atoms with Crippen molar-refractivity contribution in [2.24, 2.45) is 28.5 Å². The highest BCUT2D eigenvalue weighted by molar-refractivity contribution is 5.97. The van der Waals surface area contributed by atoms with Gasteiger partial charge in [-0.25, -0.2) is 4.99 Å². The summed E-state index contributed by atoms with van der Waals surface area (Å²) in [5, 5.41) is 22.6. The average Bonchev–Trinajstić information content (AvgIpc) is 2.80. The number of nitrogens with two attached hydrogens (primary N) is 3. The molecule has 0 aromatic carbocycles. The zero-order valence-corrected chi connectivity index (χ0v) is 19.1. The van der Waals surface area contributed by atoms with E-state index in [4.69, 9.17) is 21.3 Å². The molecule has 0 aromatic heterocycles. The van der Waals surface area contributed by atoms with Crippen LogP contribution in [-0.2, 0) is 4.74 Å². The Morgan fingerprint density at radius 2 is 2.12 bits per heavy atom. The largest absolute Gasteiger partial charge is 0.384 e. The zero-order chi connectivity index (χ0) is 22.9. The molecule has 0 bridgehead atoms. The molecule has 1 atom stereocenters. The summed E-state index contributed by atoms with van der Waals surface area (Å²) in [6.07, 6.45) is 15.1. The summed E-state index contributed by atoms with van der Waals surface area (Å²) in [5.41, 5.74) is 10.0. The van der Waals surface area contributed by atoms with Gasteiger partial charge in [0.1, 0.15) is 11.7 Å². The predicted octanol–water partition coefficient (Wildman–Crippen LogP) is -0.289. The van der Waals surface area contributed by atoms with Gasteiger partial charge in [0.05, 0.1) is 30.4 Å². The van der Waals surface area contributed by atoms with Crippen molar-refractivity contribution in [3.63, 3.8) is 0 Å². The SMILES string of the molecule is CC(C)C(C=[NH2+])=CC(N)=NC1=CC=C2NC=C(C(C=N)C[NH2+]CC3CCOCC3)C=C2N1. The lowest BCUT2D eigenvalue weighted by Crippen LogP contribution is -2.87. The fraction of sp³-hybridized carbons (Fsp3) is 0.458. The topological polar surface area (TPSA) is 138 Å². The fourth-order valence-corrected chi connectivity index (χ4v) is 3.93. The number of fused-ring (bicyclic) bond motifs is 1. The quantitative estimate of drug-likeness (QED) is 0.206. The standard InChI is InChI=1S/C24H35N7O/c1-16(2)18(11-25)10-23(27)31-24-4-3-21-22(30-24)9-19(15-29-21)20(12-26)14-28-13-17-5-7-32-8-6-17/h3-4,9-12,15-17,20,25-26,28-30H,5-8,13-14H2,1-2H3,(H2,27,31)/p+2. The molecule has 0 spiro atoms. The third-order valence-electron chi connectivity index (χ3n) is 5.98. The van der Waals surface area contributed by atoms with Crippen LogP contribution in [0.3, 0.4) is 0 Å². The third-order valence-corrected chi connectivity index (χ3v) is 5.98. The number of quaternary nitrogens is 1. The minimum Gasteiger partial charge on any atom is -0.384 e. The molecule has 0 amide bonds. The lowest BCUT2D eigenvalue weighted by Gasteiger charge is -2.25. The Kier molecular flexibility index (Phi) is 8.58. The van der Waals surface area contributed by atoms with Gasteiger partial charge in [-0.05, 0) is 48.6 Å². The lowest BCUT2D eigenvalue weighted by atomic mass is 9.96. The average molecular weight is 440 g/mol. The highest BCUT2D eigenvalue weighted by atomic mass is 16.5. The van der Waals surface area contributed by atoms with E-state index in [1.807, 2.05) is 18.4 Å². The van der Waals surface area contributed by atoms with E-state index in [9.17, 15) is 0 Å². The summed E-state index contributed by atoms with van der Waals surface area (Å²) in [7, 11) is 0. The van der Waals surface area contributed by atoms with Gasteiger partial charge in [-0.15, -0.1) is 0 Å². The Morgan fingerprint density at radius 1 is 1.34 bits per heavy atom. The van der Waals surface area contributed by atoms with Gasteiger partial charge in [-0.2, -0.15) is 0 Å². The second kappa shape index (κ2) is 11.6. The Bertz CT molecular complexity index is 886. The van der Waals surface area contributed by atoms with Crippen LogP contribution in [0.15, 0.2) is 63.9 Å². The second-order valence-electron chi connectivity index (χ2n) is 8.70. The predicted molar refractivity (Wildman–Crippen MR) is 129 cm³/mol. The van der Waals surface area contributed by atoms with Crippen LogP contribution < -0.4 is 27.1 Å². The Hall–Kier alpha value is -2.97. The maximum atomic E-state index is 7.93. The number of amidine groups is 1. The maximum Gasteiger partial charge on any atom is 0.163 e. The van der Waals surface area contributed by atoms with E-state index in [1.54, 1.807) is 12.3 Å². The van der Waals surface area contributed by atoms with Crippen molar-refractivity contribution in [1.29, 1.82) is 5.41 Å². The molecule has 3 rings (SSSR count). The highest BCUT2D eigenvalue weighted by Gasteiger charge is 2.21. The van der Waals surface area contributed by atoms with Crippen molar-refractivity contribution in [3.05, 3.63) is 58.9 Å². The van der Waals surface area contributed by atoms with Crippen LogP contribution in [0.25, 0.3) is 0 Å². The summed E-state index contributed by atoms with van der Waals surface area (Å²) < 4.78 is 5.44. The van der Waals surface area contributed by atoms with Crippen molar-refractivity contribution in [2.75, 3.05) is 26.3 Å². The first-order valence-corrected chi connectivity index (χ1v) is 11.4. The number of hydrogen-bond acceptors (Lipinski definition) is 5. The third kappa shape index (κ3) is 6.51. The van der Waals surface area contributed by atoms with Gasteiger partial charge in [-0.3, -0.25) is 5.41 Å². The molecule has 3 heterocycles. The minimum atomic E-state index is 0.0396. The lowest BCUT2D eigenvalue weighted by molar-refractivity contribution is -0.663. The monoisotopic (exact) mass is 439 g/mol. The van der Waals surface area contributed by atoms with Crippen molar-refractivity contribution >= 4 is 18.3 Å². The van der Waals surface area contributed by atoms with Crippen LogP contribution >= 0.6 is 0 Å². The zero-order valence-electron chi connectivity index (χ0n) is 19.1. The molecule has 1 unspecified atom stereocenters. The van der Waals surface area contributed by atoms with Crippen molar-refractivity contribution in [1.82, 2.24) is 10.6 Å². The summed E-state index contributed by atoms with van der Waals surface area (Å²) in [6.45, 7) is 7.79. The smallest absolute Gasteiger partial charge is 0.163 e. The normalized spacial score (nSPS) is 20.7. The van der Waals surface area contributed by atoms with Gasteiger partial charge in [0.15, 0.2) is 6.21 Å². The van der Waals surface area contributed by atoms with E-state index in [2.05, 4.69) is 40.9 Å². The molecular formula is C24H37N7O+2. The Labute approximate surface area is 190 Å². The molecule has 172 valence electrons. The van der Waals surface area contributed by atoms with Crippen LogP contribution in [0.1, 0.15) is 26.7 Å². The molecule has 0 aliphatic carbocycles. The van der Waals surface area contributed by atoms with Crippen LogP contribution in [0.2, 0.25) is 0 Å². The number of ether oxygens (including phenoxy) is 1. The number of aliphatic imine (C=N–C) groups is 1. The van der Waals surface area contributed by atoms with Gasteiger partial charge < -0.3 is 31.8 Å². The maximum absolute atomic E-state index is 7.93. The molecule has 8 heteroatoms. The van der Waals surface area contributed by atoms with Crippen LogP contribution in [0, 0.1) is 23.2 Å². The molecule has 0 aromatic rings. The number of nitrogens with zero attached hydrogens (tertiary/aromatic N) is 1. The number of hydrogen-bond donors (Lipinski definition) is 6. The molecule has 1 saturated heterocycles. The molecule has 3 aliphatic heterocycles. The molecule has 3 aliphatic rings. The summed E-state index contributed by atoms with van der Waals surface area (Å²) in [4.78, 5) is 4.49. The van der Waals surface area contributed by atoms with E-state index in [1.165, 1.54) is 6.21 Å². The van der Waals surface area contributed by atoms with Crippen molar-refractivity contribution in [2.45, 2.75) is 26.7 Å². The first-order chi connectivity index (χ1) is 15.5. The van der Waals surface area contributed by atoms with Crippen LogP contribution in [-0.4, -0.2) is 44.6 Å². The van der Waals surface area contributed by atoms with Gasteiger partial charge >= 0.3 is 0 Å². The van der Waals surface area contributed by atoms with Gasteiger partial charge in [0, 0.05) is 37.1 Å². The van der Waals surface area contributed by atoms with Crippen molar-refractivity contribution < 1.29 is 15.5 Å². The van der Waals surface area contributed by atoms with E-state index >= 15 is 0 Å². The molecule has 0 saturated carbocycles. The number of rotatable bonds is 10. The molecule has 32 heavy (non-hydrogen) atoms. The van der Waals surface area contributed by atoms with Gasteiger partial charge in [0.2, 0.25) is 0 Å². The summed E-state index contributed by atoms with van der Waals surface area (Å²) in [5.74, 6) is 2.07.